The lowest BCUT2D eigenvalue weighted by molar-refractivity contribution is -0.115. The number of hydrogen-bond acceptors (Lipinski definition) is 5. The number of aromatic nitrogens is 3. The molecular formula is C16H12N4OS2. The lowest BCUT2D eigenvalue weighted by atomic mass is 10.2. The Bertz CT molecular complexity index is 941. The molecular weight excluding hydrogens is 328 g/mol. The van der Waals surface area contributed by atoms with Crippen molar-refractivity contribution >= 4 is 38.7 Å². The van der Waals surface area contributed by atoms with Gasteiger partial charge in [-0.2, -0.15) is 0 Å². The average Bonchev–Trinajstić information content (AvgIpc) is 3.27. The van der Waals surface area contributed by atoms with Crippen LogP contribution < -0.4 is 5.32 Å². The van der Waals surface area contributed by atoms with Crippen molar-refractivity contribution in [1.29, 1.82) is 0 Å². The molecule has 0 saturated heterocycles. The number of nitrogens with zero attached hydrogens (tertiary/aromatic N) is 3. The molecule has 0 aliphatic rings. The molecule has 0 saturated carbocycles. The minimum absolute atomic E-state index is 0.0744. The number of thiazole rings is 2. The van der Waals surface area contributed by atoms with E-state index in [9.17, 15) is 4.79 Å². The Kier molecular flexibility index (Phi) is 3.64. The van der Waals surface area contributed by atoms with Crippen molar-refractivity contribution in [2.45, 2.75) is 6.42 Å². The predicted octanol–water partition coefficient (Wildman–Crippen LogP) is 3.70. The number of benzene rings is 1. The highest BCUT2D eigenvalue weighted by Gasteiger charge is 2.13. The van der Waals surface area contributed by atoms with Crippen molar-refractivity contribution in [3.05, 3.63) is 59.2 Å². The minimum Gasteiger partial charge on any atom is -0.302 e. The standard InChI is InChI=1S/C16H12N4OS2/c21-14(19-15-17-6-7-22-15)8-12-10-23-16-18-13(9-20(12)16)11-4-2-1-3-5-11/h1-7,9-10H,8H2,(H,17,19,21). The summed E-state index contributed by atoms with van der Waals surface area (Å²) in [5, 5.41) is 7.23. The predicted molar refractivity (Wildman–Crippen MR) is 93.0 cm³/mol. The second-order valence-electron chi connectivity index (χ2n) is 4.93. The molecule has 0 radical (unpaired) electrons. The van der Waals surface area contributed by atoms with Gasteiger partial charge in [0.05, 0.1) is 12.1 Å². The molecule has 0 bridgehead atoms. The van der Waals surface area contributed by atoms with Gasteiger partial charge in [-0.1, -0.05) is 30.3 Å². The first-order valence-electron chi connectivity index (χ1n) is 7.00. The fourth-order valence-electron chi connectivity index (χ4n) is 2.32. The number of amides is 1. The summed E-state index contributed by atoms with van der Waals surface area (Å²) in [5.41, 5.74) is 2.91. The van der Waals surface area contributed by atoms with Crippen molar-refractivity contribution in [2.75, 3.05) is 5.32 Å². The Labute approximate surface area is 140 Å². The molecule has 5 nitrogen and oxygen atoms in total. The van der Waals surface area contributed by atoms with Crippen LogP contribution in [0.25, 0.3) is 16.2 Å². The molecule has 114 valence electrons. The highest BCUT2D eigenvalue weighted by Crippen LogP contribution is 2.24. The van der Waals surface area contributed by atoms with Crippen molar-refractivity contribution in [3.8, 4) is 11.3 Å². The minimum atomic E-state index is -0.0744. The second-order valence-corrected chi connectivity index (χ2v) is 6.67. The SMILES string of the molecule is O=C(Cc1csc2nc(-c3ccccc3)cn12)Nc1nccs1. The van der Waals surface area contributed by atoms with Crippen LogP contribution in [0, 0.1) is 0 Å². The highest BCUT2D eigenvalue weighted by atomic mass is 32.1. The number of carbonyl (C=O) groups excluding carboxylic acids is 1. The summed E-state index contributed by atoms with van der Waals surface area (Å²) in [6.45, 7) is 0. The largest absolute Gasteiger partial charge is 0.302 e. The van der Waals surface area contributed by atoms with E-state index in [1.165, 1.54) is 22.7 Å². The van der Waals surface area contributed by atoms with E-state index in [0.29, 0.717) is 11.6 Å². The number of carbonyl (C=O) groups is 1. The van der Waals surface area contributed by atoms with Gasteiger partial charge in [0.15, 0.2) is 10.1 Å². The second kappa shape index (κ2) is 5.94. The first-order chi connectivity index (χ1) is 11.3. The van der Waals surface area contributed by atoms with E-state index in [4.69, 9.17) is 0 Å². The van der Waals surface area contributed by atoms with Gasteiger partial charge < -0.3 is 5.32 Å². The fourth-order valence-corrected chi connectivity index (χ4v) is 3.74. The van der Waals surface area contributed by atoms with Crippen LogP contribution in [0.15, 0.2) is 53.5 Å². The molecule has 0 aliphatic carbocycles. The molecule has 3 heterocycles. The smallest absolute Gasteiger partial charge is 0.232 e. The maximum absolute atomic E-state index is 12.1. The van der Waals surface area contributed by atoms with Gasteiger partial charge in [0.1, 0.15) is 0 Å². The number of anilines is 1. The van der Waals surface area contributed by atoms with Gasteiger partial charge >= 0.3 is 0 Å². The maximum atomic E-state index is 12.1. The molecule has 1 aromatic carbocycles. The van der Waals surface area contributed by atoms with Crippen LogP contribution in [0.5, 0.6) is 0 Å². The van der Waals surface area contributed by atoms with Crippen LogP contribution in [-0.4, -0.2) is 20.3 Å². The van der Waals surface area contributed by atoms with Crippen LogP contribution in [0.4, 0.5) is 5.13 Å². The first-order valence-corrected chi connectivity index (χ1v) is 8.76. The van der Waals surface area contributed by atoms with Crippen LogP contribution in [0.1, 0.15) is 5.69 Å². The molecule has 0 fully saturated rings. The first kappa shape index (κ1) is 14.1. The topological polar surface area (TPSA) is 59.3 Å². The van der Waals surface area contributed by atoms with E-state index in [1.807, 2.05) is 51.7 Å². The molecule has 0 aliphatic heterocycles. The molecule has 0 unspecified atom stereocenters. The molecule has 23 heavy (non-hydrogen) atoms. The Morgan fingerprint density at radius 1 is 1.22 bits per heavy atom. The average molecular weight is 340 g/mol. The molecule has 4 rings (SSSR count). The number of nitrogens with one attached hydrogen (secondary N) is 1. The number of hydrogen-bond donors (Lipinski definition) is 1. The molecule has 1 N–H and O–H groups in total. The van der Waals surface area contributed by atoms with Crippen LogP contribution in [-0.2, 0) is 11.2 Å². The summed E-state index contributed by atoms with van der Waals surface area (Å²) in [5.74, 6) is -0.0744. The summed E-state index contributed by atoms with van der Waals surface area (Å²) < 4.78 is 1.98. The zero-order chi connectivity index (χ0) is 15.6. The number of imidazole rings is 1. The number of fused-ring (bicyclic) bond motifs is 1. The third-order valence-corrected chi connectivity index (χ3v) is 4.95. The molecule has 4 aromatic rings. The van der Waals surface area contributed by atoms with E-state index in [1.54, 1.807) is 6.20 Å². The van der Waals surface area contributed by atoms with Gasteiger partial charge in [-0.25, -0.2) is 9.97 Å². The van der Waals surface area contributed by atoms with Gasteiger partial charge in [-0.3, -0.25) is 9.20 Å². The van der Waals surface area contributed by atoms with Crippen molar-refractivity contribution in [2.24, 2.45) is 0 Å². The third-order valence-electron chi connectivity index (χ3n) is 3.37. The monoisotopic (exact) mass is 340 g/mol. The zero-order valence-electron chi connectivity index (χ0n) is 12.0. The summed E-state index contributed by atoms with van der Waals surface area (Å²) in [7, 11) is 0. The summed E-state index contributed by atoms with van der Waals surface area (Å²) in [6.07, 6.45) is 3.95. The fraction of sp³-hybridized carbons (Fsp3) is 0.0625. The van der Waals surface area contributed by atoms with Gasteiger partial charge in [-0.05, 0) is 0 Å². The Hall–Kier alpha value is -2.51. The summed E-state index contributed by atoms with van der Waals surface area (Å²) in [4.78, 5) is 21.7. The molecule has 0 atom stereocenters. The van der Waals surface area contributed by atoms with Crippen molar-refractivity contribution < 1.29 is 4.79 Å². The van der Waals surface area contributed by atoms with Gasteiger partial charge in [0.2, 0.25) is 5.91 Å². The highest BCUT2D eigenvalue weighted by molar-refractivity contribution is 7.15. The number of rotatable bonds is 4. The van der Waals surface area contributed by atoms with Crippen LogP contribution in [0.3, 0.4) is 0 Å². The Morgan fingerprint density at radius 2 is 2.09 bits per heavy atom. The normalized spacial score (nSPS) is 11.0. The lowest BCUT2D eigenvalue weighted by Crippen LogP contribution is -2.15. The van der Waals surface area contributed by atoms with E-state index in [0.717, 1.165) is 21.9 Å². The van der Waals surface area contributed by atoms with E-state index in [-0.39, 0.29) is 5.91 Å². The van der Waals surface area contributed by atoms with Crippen molar-refractivity contribution in [3.63, 3.8) is 0 Å². The Balaban J connectivity index is 1.58. The zero-order valence-corrected chi connectivity index (χ0v) is 13.6. The Morgan fingerprint density at radius 3 is 2.87 bits per heavy atom. The maximum Gasteiger partial charge on any atom is 0.232 e. The van der Waals surface area contributed by atoms with Gasteiger partial charge in [0, 0.05) is 34.4 Å². The third kappa shape index (κ3) is 2.88. The molecule has 1 amide bonds. The summed E-state index contributed by atoms with van der Waals surface area (Å²) in [6, 6.07) is 10.0. The van der Waals surface area contributed by atoms with Crippen molar-refractivity contribution in [1.82, 2.24) is 14.4 Å². The van der Waals surface area contributed by atoms with Gasteiger partial charge in [0.25, 0.3) is 0 Å². The molecule has 7 heteroatoms. The molecule has 3 aromatic heterocycles. The lowest BCUT2D eigenvalue weighted by Gasteiger charge is -2.00. The quantitative estimate of drug-likeness (QED) is 0.616. The molecule has 0 spiro atoms. The van der Waals surface area contributed by atoms with E-state index in [2.05, 4.69) is 15.3 Å². The van der Waals surface area contributed by atoms with Crippen LogP contribution >= 0.6 is 22.7 Å². The van der Waals surface area contributed by atoms with Gasteiger partial charge in [-0.15, -0.1) is 22.7 Å². The van der Waals surface area contributed by atoms with E-state index >= 15 is 0 Å². The van der Waals surface area contributed by atoms with Crippen LogP contribution in [0.2, 0.25) is 0 Å². The summed E-state index contributed by atoms with van der Waals surface area (Å²) >= 11 is 2.95. The van der Waals surface area contributed by atoms with E-state index < -0.39 is 0 Å².